The van der Waals surface area contributed by atoms with Crippen LogP contribution in [0, 0.1) is 0 Å². The number of nitrogens with one attached hydrogen (secondary N) is 1. The molecule has 0 fully saturated rings. The zero-order chi connectivity index (χ0) is 16.9. The van der Waals surface area contributed by atoms with Crippen molar-refractivity contribution in [1.29, 1.82) is 0 Å². The van der Waals surface area contributed by atoms with Crippen molar-refractivity contribution in [2.75, 3.05) is 17.3 Å². The molecule has 2 aromatic heterocycles. The maximum absolute atomic E-state index is 11.9. The summed E-state index contributed by atoms with van der Waals surface area (Å²) in [7, 11) is 0. The second kappa shape index (κ2) is 7.97. The number of benzene rings is 1. The third-order valence-corrected chi connectivity index (χ3v) is 5.63. The minimum absolute atomic E-state index is 0.123. The van der Waals surface area contributed by atoms with E-state index in [0.29, 0.717) is 26.8 Å². The van der Waals surface area contributed by atoms with E-state index in [-0.39, 0.29) is 11.7 Å². The summed E-state index contributed by atoms with van der Waals surface area (Å²) in [4.78, 5) is 11.9. The van der Waals surface area contributed by atoms with Gasteiger partial charge in [-0.25, -0.2) is 0 Å². The van der Waals surface area contributed by atoms with Gasteiger partial charge < -0.3 is 4.42 Å². The highest BCUT2D eigenvalue weighted by atomic mass is 35.5. The van der Waals surface area contributed by atoms with Crippen LogP contribution in [0.3, 0.4) is 0 Å². The monoisotopic (exact) mass is 399 g/mol. The number of carbonyl (C=O) groups is 1. The highest BCUT2D eigenvalue weighted by Gasteiger charge is 2.14. The molecule has 124 valence electrons. The van der Waals surface area contributed by atoms with E-state index in [0.717, 1.165) is 16.1 Å². The highest BCUT2D eigenvalue weighted by molar-refractivity contribution is 8.00. The second-order valence-electron chi connectivity index (χ2n) is 4.27. The number of rotatable bonds is 6. The highest BCUT2D eigenvalue weighted by Crippen LogP contribution is 2.29. The number of hydrogen-bond donors (Lipinski definition) is 1. The van der Waals surface area contributed by atoms with E-state index in [9.17, 15) is 4.79 Å². The first-order valence-electron chi connectivity index (χ1n) is 6.54. The minimum atomic E-state index is -0.221. The zero-order valence-electron chi connectivity index (χ0n) is 12.2. The number of halogens is 1. The van der Waals surface area contributed by atoms with E-state index in [2.05, 4.69) is 25.7 Å². The van der Waals surface area contributed by atoms with Crippen molar-refractivity contribution < 1.29 is 9.21 Å². The van der Waals surface area contributed by atoms with Gasteiger partial charge >= 0.3 is 0 Å². The molecule has 0 bridgehead atoms. The maximum atomic E-state index is 11.9. The molecule has 11 heteroatoms. The fourth-order valence-corrected chi connectivity index (χ4v) is 3.60. The van der Waals surface area contributed by atoms with Crippen molar-refractivity contribution >= 4 is 57.5 Å². The van der Waals surface area contributed by atoms with Crippen LogP contribution in [0.15, 0.2) is 38.2 Å². The average molecular weight is 400 g/mol. The Balaban J connectivity index is 1.57. The molecule has 0 aliphatic carbocycles. The Bertz CT molecular complexity index is 854. The maximum Gasteiger partial charge on any atom is 0.277 e. The third-order valence-electron chi connectivity index (χ3n) is 2.66. The number of hydrogen-bond acceptors (Lipinski definition) is 9. The van der Waals surface area contributed by atoms with Gasteiger partial charge in [0.25, 0.3) is 5.22 Å². The lowest BCUT2D eigenvalue weighted by atomic mass is 10.2. The summed E-state index contributed by atoms with van der Waals surface area (Å²) in [5.74, 6) is 0.219. The van der Waals surface area contributed by atoms with Crippen molar-refractivity contribution in [3.05, 3.63) is 29.3 Å². The van der Waals surface area contributed by atoms with Gasteiger partial charge in [0.05, 0.1) is 16.3 Å². The van der Waals surface area contributed by atoms with Crippen LogP contribution < -0.4 is 5.32 Å². The van der Waals surface area contributed by atoms with Gasteiger partial charge in [0, 0.05) is 0 Å². The number of amides is 1. The molecule has 0 saturated heterocycles. The van der Waals surface area contributed by atoms with Gasteiger partial charge in [0.2, 0.25) is 16.9 Å². The van der Waals surface area contributed by atoms with Gasteiger partial charge in [0.1, 0.15) is 0 Å². The number of carbonyl (C=O) groups excluding carboxylic acids is 1. The second-order valence-corrected chi connectivity index (χ2v) is 7.63. The van der Waals surface area contributed by atoms with Crippen LogP contribution in [-0.2, 0) is 4.79 Å². The van der Waals surface area contributed by atoms with Crippen LogP contribution in [0.25, 0.3) is 11.5 Å². The third kappa shape index (κ3) is 4.26. The van der Waals surface area contributed by atoms with Gasteiger partial charge in [-0.05, 0) is 18.4 Å². The predicted octanol–water partition coefficient (Wildman–Crippen LogP) is 3.69. The molecule has 0 saturated carbocycles. The molecule has 2 heterocycles. The molecule has 0 atom stereocenters. The van der Waals surface area contributed by atoms with E-state index in [1.807, 2.05) is 18.4 Å². The average Bonchev–Trinajstić information content (AvgIpc) is 3.22. The molecule has 3 aromatic rings. The number of thioether (sulfide) groups is 2. The lowest BCUT2D eigenvalue weighted by molar-refractivity contribution is -0.113. The Morgan fingerprint density at radius 3 is 2.88 bits per heavy atom. The molecule has 1 amide bonds. The first-order valence-corrected chi connectivity index (χ1v) is 9.94. The quantitative estimate of drug-likeness (QED) is 0.495. The summed E-state index contributed by atoms with van der Waals surface area (Å²) in [6.45, 7) is 0. The van der Waals surface area contributed by atoms with E-state index in [1.54, 1.807) is 12.1 Å². The summed E-state index contributed by atoms with van der Waals surface area (Å²) >= 11 is 10.0. The Morgan fingerprint density at radius 1 is 1.29 bits per heavy atom. The lowest BCUT2D eigenvalue weighted by Gasteiger charge is -1.98. The van der Waals surface area contributed by atoms with Crippen molar-refractivity contribution in [1.82, 2.24) is 20.4 Å². The molecular weight excluding hydrogens is 390 g/mol. The van der Waals surface area contributed by atoms with Gasteiger partial charge in [-0.3, -0.25) is 10.1 Å². The van der Waals surface area contributed by atoms with Crippen LogP contribution in [0.1, 0.15) is 0 Å². The Labute approximate surface area is 154 Å². The normalized spacial score (nSPS) is 10.8. The Hall–Kier alpha value is -1.62. The van der Waals surface area contributed by atoms with E-state index >= 15 is 0 Å². The van der Waals surface area contributed by atoms with Gasteiger partial charge in [-0.15, -0.1) is 20.4 Å². The lowest BCUT2D eigenvalue weighted by Crippen LogP contribution is -2.13. The molecular formula is C13H10ClN5O2S3. The zero-order valence-corrected chi connectivity index (χ0v) is 15.4. The molecule has 24 heavy (non-hydrogen) atoms. The standard InChI is InChI=1S/C13H10ClN5O2S3/c1-22-13-19-17-11(24-13)15-9(20)6-23-12-18-16-10(21-12)7-4-2-3-5-8(7)14/h2-5H,6H2,1H3,(H,15,17,20). The fraction of sp³-hybridized carbons (Fsp3) is 0.154. The molecule has 0 aliphatic rings. The van der Waals surface area contributed by atoms with Crippen molar-refractivity contribution in [3.8, 4) is 11.5 Å². The molecule has 1 N–H and O–H groups in total. The SMILES string of the molecule is CSc1nnc(NC(=O)CSc2nnc(-c3ccccc3Cl)o2)s1. The van der Waals surface area contributed by atoms with Gasteiger partial charge in [0.15, 0.2) is 4.34 Å². The van der Waals surface area contributed by atoms with Crippen LogP contribution in [-0.4, -0.2) is 38.3 Å². The first kappa shape index (κ1) is 17.2. The summed E-state index contributed by atoms with van der Waals surface area (Å²) in [6.07, 6.45) is 1.90. The van der Waals surface area contributed by atoms with Crippen molar-refractivity contribution in [2.45, 2.75) is 9.56 Å². The van der Waals surface area contributed by atoms with E-state index in [4.69, 9.17) is 16.0 Å². The predicted molar refractivity (Wildman–Crippen MR) is 95.8 cm³/mol. The molecule has 3 rings (SSSR count). The van der Waals surface area contributed by atoms with Crippen LogP contribution in [0.5, 0.6) is 0 Å². The van der Waals surface area contributed by atoms with Crippen molar-refractivity contribution in [2.24, 2.45) is 0 Å². The molecule has 7 nitrogen and oxygen atoms in total. The number of anilines is 1. The van der Waals surface area contributed by atoms with Gasteiger partial charge in [-0.2, -0.15) is 0 Å². The van der Waals surface area contributed by atoms with Gasteiger partial charge in [-0.1, -0.05) is 58.6 Å². The van der Waals surface area contributed by atoms with Crippen molar-refractivity contribution in [3.63, 3.8) is 0 Å². The fourth-order valence-electron chi connectivity index (χ4n) is 1.64. The largest absolute Gasteiger partial charge is 0.411 e. The Morgan fingerprint density at radius 2 is 2.12 bits per heavy atom. The summed E-state index contributed by atoms with van der Waals surface area (Å²) in [6, 6.07) is 7.18. The van der Waals surface area contributed by atoms with E-state index < -0.39 is 0 Å². The molecule has 1 aromatic carbocycles. The molecule has 0 spiro atoms. The smallest absolute Gasteiger partial charge is 0.277 e. The number of nitrogens with zero attached hydrogens (tertiary/aromatic N) is 4. The molecule has 0 radical (unpaired) electrons. The Kier molecular flexibility index (Phi) is 5.72. The summed E-state index contributed by atoms with van der Waals surface area (Å²) in [5, 5.41) is 19.6. The first-order chi connectivity index (χ1) is 11.7. The minimum Gasteiger partial charge on any atom is -0.411 e. The molecule has 0 aliphatic heterocycles. The van der Waals surface area contributed by atoms with Crippen LogP contribution >= 0.6 is 46.5 Å². The summed E-state index contributed by atoms with van der Waals surface area (Å²) in [5.41, 5.74) is 0.654. The number of aromatic nitrogens is 4. The van der Waals surface area contributed by atoms with Crippen LogP contribution in [0.4, 0.5) is 5.13 Å². The van der Waals surface area contributed by atoms with E-state index in [1.165, 1.54) is 23.1 Å². The molecule has 0 unspecified atom stereocenters. The van der Waals surface area contributed by atoms with Crippen LogP contribution in [0.2, 0.25) is 5.02 Å². The topological polar surface area (TPSA) is 93.8 Å². The summed E-state index contributed by atoms with van der Waals surface area (Å²) < 4.78 is 6.31.